The molecule has 0 aliphatic carbocycles. The van der Waals surface area contributed by atoms with Gasteiger partial charge in [0.15, 0.2) is 5.75 Å². The lowest BCUT2D eigenvalue weighted by Gasteiger charge is -2.06. The van der Waals surface area contributed by atoms with Gasteiger partial charge >= 0.3 is 0 Å². The highest BCUT2D eigenvalue weighted by molar-refractivity contribution is 9.10. The van der Waals surface area contributed by atoms with Crippen molar-refractivity contribution in [1.29, 1.82) is 0 Å². The van der Waals surface area contributed by atoms with E-state index in [-0.39, 0.29) is 11.7 Å². The van der Waals surface area contributed by atoms with Gasteiger partial charge in [-0.1, -0.05) is 18.2 Å². The number of nitrogen functional groups attached to an aromatic ring is 1. The topological polar surface area (TPSA) is 75.4 Å². The van der Waals surface area contributed by atoms with Gasteiger partial charge < -0.3 is 16.2 Å². The predicted octanol–water partition coefficient (Wildman–Crippen LogP) is 3.39. The van der Waals surface area contributed by atoms with E-state index in [0.29, 0.717) is 15.8 Å². The summed E-state index contributed by atoms with van der Waals surface area (Å²) in [7, 11) is 0. The number of phenols is 1. The molecule has 2 aromatic rings. The molecule has 2 aromatic carbocycles. The third-order valence-corrected chi connectivity index (χ3v) is 3.22. The van der Waals surface area contributed by atoms with Gasteiger partial charge in [-0.05, 0) is 51.8 Å². The Morgan fingerprint density at radius 2 is 2.00 bits per heavy atom. The molecule has 0 heterocycles. The lowest BCUT2D eigenvalue weighted by molar-refractivity contribution is -0.111. The van der Waals surface area contributed by atoms with Crippen molar-refractivity contribution in [3.8, 4) is 5.75 Å². The van der Waals surface area contributed by atoms with Crippen molar-refractivity contribution in [3.05, 3.63) is 58.6 Å². The number of benzene rings is 2. The fraction of sp³-hybridized carbons (Fsp3) is 0. The molecule has 0 unspecified atom stereocenters. The molecular weight excluding hydrogens is 320 g/mol. The molecule has 0 aromatic heterocycles. The zero-order valence-corrected chi connectivity index (χ0v) is 12.1. The van der Waals surface area contributed by atoms with Crippen LogP contribution in [0.5, 0.6) is 5.75 Å². The van der Waals surface area contributed by atoms with E-state index in [2.05, 4.69) is 21.2 Å². The van der Waals surface area contributed by atoms with E-state index in [1.807, 2.05) is 12.1 Å². The second-order valence-electron chi connectivity index (χ2n) is 4.13. The molecule has 0 spiro atoms. The maximum Gasteiger partial charge on any atom is 0.248 e. The van der Waals surface area contributed by atoms with E-state index < -0.39 is 0 Å². The molecule has 5 heteroatoms. The van der Waals surface area contributed by atoms with E-state index >= 15 is 0 Å². The number of anilines is 2. The van der Waals surface area contributed by atoms with Crippen LogP contribution in [0.3, 0.4) is 0 Å². The second-order valence-corrected chi connectivity index (χ2v) is 4.98. The molecule has 0 fully saturated rings. The van der Waals surface area contributed by atoms with Gasteiger partial charge in [0.2, 0.25) is 5.91 Å². The fourth-order valence-corrected chi connectivity index (χ4v) is 1.99. The highest BCUT2D eigenvalue weighted by atomic mass is 79.9. The van der Waals surface area contributed by atoms with Crippen molar-refractivity contribution < 1.29 is 9.90 Å². The molecule has 0 atom stereocenters. The molecule has 0 bridgehead atoms. The van der Waals surface area contributed by atoms with Crippen LogP contribution in [0.25, 0.3) is 6.08 Å². The van der Waals surface area contributed by atoms with Crippen LogP contribution in [-0.2, 0) is 4.79 Å². The molecule has 0 aliphatic rings. The molecule has 20 heavy (non-hydrogen) atoms. The van der Waals surface area contributed by atoms with Gasteiger partial charge in [-0.25, -0.2) is 0 Å². The summed E-state index contributed by atoms with van der Waals surface area (Å²) < 4.78 is 0.523. The normalized spacial score (nSPS) is 10.7. The zero-order chi connectivity index (χ0) is 14.5. The first-order valence-electron chi connectivity index (χ1n) is 5.88. The average Bonchev–Trinajstić information content (AvgIpc) is 2.42. The highest BCUT2D eigenvalue weighted by Crippen LogP contribution is 2.31. The summed E-state index contributed by atoms with van der Waals surface area (Å²) in [6.07, 6.45) is 3.04. The largest absolute Gasteiger partial charge is 0.505 e. The summed E-state index contributed by atoms with van der Waals surface area (Å²) in [5.74, 6) is -0.334. The van der Waals surface area contributed by atoms with Crippen LogP contribution in [0.4, 0.5) is 11.4 Å². The minimum atomic E-state index is -0.333. The lowest BCUT2D eigenvalue weighted by Crippen LogP contribution is -2.07. The van der Waals surface area contributed by atoms with Crippen LogP contribution in [0.1, 0.15) is 5.56 Å². The Hall–Kier alpha value is -2.27. The lowest BCUT2D eigenvalue weighted by atomic mass is 10.2. The third kappa shape index (κ3) is 3.61. The molecule has 0 saturated carbocycles. The average molecular weight is 333 g/mol. The molecule has 4 nitrogen and oxygen atoms in total. The van der Waals surface area contributed by atoms with E-state index in [1.54, 1.807) is 36.4 Å². The first kappa shape index (κ1) is 14.1. The summed E-state index contributed by atoms with van der Waals surface area (Å²) in [5, 5.41) is 12.4. The summed E-state index contributed by atoms with van der Waals surface area (Å²) in [4.78, 5) is 11.8. The summed E-state index contributed by atoms with van der Waals surface area (Å²) in [6, 6.07) is 12.2. The van der Waals surface area contributed by atoms with Crippen LogP contribution in [0.15, 0.2) is 53.0 Å². The Kier molecular flexibility index (Phi) is 4.42. The number of phenolic OH excluding ortho intramolecular Hbond substituents is 1. The van der Waals surface area contributed by atoms with Crippen LogP contribution in [0.2, 0.25) is 0 Å². The molecule has 0 saturated heterocycles. The van der Waals surface area contributed by atoms with Gasteiger partial charge in [0.1, 0.15) is 0 Å². The number of para-hydroxylation sites is 1. The Balaban J connectivity index is 2.08. The minimum Gasteiger partial charge on any atom is -0.505 e. The summed E-state index contributed by atoms with van der Waals surface area (Å²) in [6.45, 7) is 0. The van der Waals surface area contributed by atoms with Crippen LogP contribution in [-0.4, -0.2) is 11.0 Å². The van der Waals surface area contributed by atoms with Gasteiger partial charge in [0, 0.05) is 11.8 Å². The SMILES string of the molecule is Nc1cccc(/C=C/C(=O)Nc2cccc(Br)c2O)c1. The summed E-state index contributed by atoms with van der Waals surface area (Å²) in [5.41, 5.74) is 7.47. The Morgan fingerprint density at radius 1 is 1.25 bits per heavy atom. The van der Waals surface area contributed by atoms with Gasteiger partial charge in [0.25, 0.3) is 0 Å². The third-order valence-electron chi connectivity index (χ3n) is 2.58. The van der Waals surface area contributed by atoms with Crippen LogP contribution in [0, 0.1) is 0 Å². The summed E-state index contributed by atoms with van der Waals surface area (Å²) >= 11 is 3.19. The van der Waals surface area contributed by atoms with Crippen molar-refractivity contribution >= 4 is 39.3 Å². The Labute approximate surface area is 125 Å². The second kappa shape index (κ2) is 6.25. The molecule has 4 N–H and O–H groups in total. The molecule has 0 radical (unpaired) electrons. The van der Waals surface area contributed by atoms with Crippen molar-refractivity contribution in [2.24, 2.45) is 0 Å². The molecular formula is C15H13BrN2O2. The van der Waals surface area contributed by atoms with E-state index in [1.165, 1.54) is 6.08 Å². The molecule has 2 rings (SSSR count). The quantitative estimate of drug-likeness (QED) is 0.458. The number of aromatic hydroxyl groups is 1. The first-order valence-corrected chi connectivity index (χ1v) is 6.67. The molecule has 0 aliphatic heterocycles. The number of halogens is 1. The van der Waals surface area contributed by atoms with Gasteiger partial charge in [0.05, 0.1) is 10.2 Å². The number of amides is 1. The first-order chi connectivity index (χ1) is 9.56. The number of rotatable bonds is 3. The molecule has 1 amide bonds. The van der Waals surface area contributed by atoms with E-state index in [9.17, 15) is 9.90 Å². The Morgan fingerprint density at radius 3 is 2.75 bits per heavy atom. The predicted molar refractivity (Wildman–Crippen MR) is 84.3 cm³/mol. The van der Waals surface area contributed by atoms with Crippen molar-refractivity contribution in [2.45, 2.75) is 0 Å². The minimum absolute atomic E-state index is 0.00166. The maximum absolute atomic E-state index is 11.8. The smallest absolute Gasteiger partial charge is 0.248 e. The standard InChI is InChI=1S/C15H13BrN2O2/c16-12-5-2-6-13(15(12)20)18-14(19)8-7-10-3-1-4-11(17)9-10/h1-9,20H,17H2,(H,18,19)/b8-7+. The maximum atomic E-state index is 11.8. The van der Waals surface area contributed by atoms with Crippen molar-refractivity contribution in [3.63, 3.8) is 0 Å². The van der Waals surface area contributed by atoms with Crippen molar-refractivity contribution in [1.82, 2.24) is 0 Å². The fourth-order valence-electron chi connectivity index (χ4n) is 1.63. The number of hydrogen-bond donors (Lipinski definition) is 3. The number of hydrogen-bond acceptors (Lipinski definition) is 3. The van der Waals surface area contributed by atoms with Crippen molar-refractivity contribution in [2.75, 3.05) is 11.1 Å². The van der Waals surface area contributed by atoms with Crippen LogP contribution >= 0.6 is 15.9 Å². The number of nitrogens with one attached hydrogen (secondary N) is 1. The van der Waals surface area contributed by atoms with Gasteiger partial charge in [-0.2, -0.15) is 0 Å². The van der Waals surface area contributed by atoms with Gasteiger partial charge in [-0.3, -0.25) is 4.79 Å². The molecule has 102 valence electrons. The number of nitrogens with two attached hydrogens (primary N) is 1. The highest BCUT2D eigenvalue weighted by Gasteiger charge is 2.06. The number of carbonyl (C=O) groups is 1. The van der Waals surface area contributed by atoms with Crippen LogP contribution < -0.4 is 11.1 Å². The Bertz CT molecular complexity index is 669. The van der Waals surface area contributed by atoms with E-state index in [4.69, 9.17) is 5.73 Å². The number of carbonyl (C=O) groups excluding carboxylic acids is 1. The monoisotopic (exact) mass is 332 g/mol. The zero-order valence-electron chi connectivity index (χ0n) is 10.5. The van der Waals surface area contributed by atoms with E-state index in [0.717, 1.165) is 5.56 Å². The van der Waals surface area contributed by atoms with Gasteiger partial charge in [-0.15, -0.1) is 0 Å².